The molecule has 0 aliphatic rings. The minimum absolute atomic E-state index is 0.0307. The zero-order valence-electron chi connectivity index (χ0n) is 11.5. The van der Waals surface area contributed by atoms with Crippen LogP contribution in [0.1, 0.15) is 23.7 Å². The molecule has 0 fully saturated rings. The van der Waals surface area contributed by atoms with E-state index in [1.54, 1.807) is 24.3 Å². The lowest BCUT2D eigenvalue weighted by Crippen LogP contribution is -2.14. The van der Waals surface area contributed by atoms with Crippen molar-refractivity contribution in [1.82, 2.24) is 0 Å². The number of rotatable bonds is 4. The summed E-state index contributed by atoms with van der Waals surface area (Å²) in [6.07, 6.45) is 0.0307. The van der Waals surface area contributed by atoms with Crippen molar-refractivity contribution in [2.45, 2.75) is 13.3 Å². The van der Waals surface area contributed by atoms with E-state index >= 15 is 0 Å². The lowest BCUT2D eigenvalue weighted by atomic mass is 9.98. The average Bonchev–Trinajstić information content (AvgIpc) is 2.84. The van der Waals surface area contributed by atoms with E-state index in [4.69, 9.17) is 5.11 Å². The number of fused-ring (bicyclic) bond motifs is 3. The van der Waals surface area contributed by atoms with E-state index in [0.29, 0.717) is 5.56 Å². The molecule has 0 radical (unpaired) electrons. The monoisotopic (exact) mass is 298 g/mol. The maximum absolute atomic E-state index is 12.2. The molecule has 106 valence electrons. The van der Waals surface area contributed by atoms with Gasteiger partial charge in [0.05, 0.1) is 5.92 Å². The number of carbonyl (C=O) groups is 2. The van der Waals surface area contributed by atoms with E-state index in [2.05, 4.69) is 6.07 Å². The second-order valence-corrected chi connectivity index (χ2v) is 6.26. The molecule has 2 aromatic carbocycles. The molecule has 1 atom stereocenters. The Morgan fingerprint density at radius 1 is 1.10 bits per heavy atom. The number of benzene rings is 2. The van der Waals surface area contributed by atoms with Crippen LogP contribution in [0.15, 0.2) is 42.5 Å². The van der Waals surface area contributed by atoms with Gasteiger partial charge < -0.3 is 5.11 Å². The fourth-order valence-corrected chi connectivity index (χ4v) is 3.47. The molecule has 1 heterocycles. The van der Waals surface area contributed by atoms with E-state index in [1.165, 1.54) is 4.70 Å². The summed E-state index contributed by atoms with van der Waals surface area (Å²) in [7, 11) is 0. The third-order valence-electron chi connectivity index (χ3n) is 3.61. The molecular formula is C17H14O3S. The van der Waals surface area contributed by atoms with Crippen molar-refractivity contribution in [3.8, 4) is 0 Å². The van der Waals surface area contributed by atoms with Gasteiger partial charge in [-0.1, -0.05) is 25.1 Å². The third kappa shape index (κ3) is 2.54. The molecule has 0 spiro atoms. The SMILES string of the molecule is CC(CC(=O)c1ccc2sc3ccccc3c2c1)C(=O)O. The predicted octanol–water partition coefficient (Wildman–Crippen LogP) is 4.35. The van der Waals surface area contributed by atoms with Gasteiger partial charge in [-0.3, -0.25) is 9.59 Å². The lowest BCUT2D eigenvalue weighted by Gasteiger charge is -2.05. The van der Waals surface area contributed by atoms with Crippen LogP contribution in [0, 0.1) is 5.92 Å². The average molecular weight is 298 g/mol. The Morgan fingerprint density at radius 2 is 1.81 bits per heavy atom. The zero-order chi connectivity index (χ0) is 15.0. The standard InChI is InChI=1S/C17H14O3S/c1-10(17(19)20)8-14(18)11-6-7-16-13(9-11)12-4-2-3-5-15(12)21-16/h2-7,9-10H,8H2,1H3,(H,19,20). The minimum atomic E-state index is -0.939. The number of thiophene rings is 1. The molecule has 1 aromatic heterocycles. The summed E-state index contributed by atoms with van der Waals surface area (Å²) in [5.74, 6) is -1.72. The Hall–Kier alpha value is -2.20. The van der Waals surface area contributed by atoms with Crippen LogP contribution in [0.2, 0.25) is 0 Å². The first-order valence-electron chi connectivity index (χ1n) is 6.73. The molecule has 0 saturated carbocycles. The van der Waals surface area contributed by atoms with Crippen molar-refractivity contribution in [1.29, 1.82) is 0 Å². The Morgan fingerprint density at radius 3 is 2.57 bits per heavy atom. The highest BCUT2D eigenvalue weighted by Crippen LogP contribution is 2.34. The van der Waals surface area contributed by atoms with Gasteiger partial charge in [-0.25, -0.2) is 0 Å². The summed E-state index contributed by atoms with van der Waals surface area (Å²) in [6.45, 7) is 1.55. The van der Waals surface area contributed by atoms with Gasteiger partial charge in [0, 0.05) is 32.2 Å². The molecule has 1 unspecified atom stereocenters. The first-order chi connectivity index (χ1) is 10.1. The van der Waals surface area contributed by atoms with E-state index in [9.17, 15) is 9.59 Å². The van der Waals surface area contributed by atoms with Gasteiger partial charge in [0.1, 0.15) is 0 Å². The molecule has 1 N–H and O–H groups in total. The van der Waals surface area contributed by atoms with Crippen LogP contribution in [-0.4, -0.2) is 16.9 Å². The molecule has 4 heteroatoms. The fourth-order valence-electron chi connectivity index (χ4n) is 2.38. The van der Waals surface area contributed by atoms with Crippen molar-refractivity contribution in [2.24, 2.45) is 5.92 Å². The molecule has 0 bridgehead atoms. The number of ketones is 1. The van der Waals surface area contributed by atoms with Gasteiger partial charge in [-0.05, 0) is 24.3 Å². The summed E-state index contributed by atoms with van der Waals surface area (Å²) in [5.41, 5.74) is 0.583. The van der Waals surface area contributed by atoms with E-state index in [-0.39, 0.29) is 12.2 Å². The van der Waals surface area contributed by atoms with E-state index < -0.39 is 11.9 Å². The third-order valence-corrected chi connectivity index (χ3v) is 4.76. The van der Waals surface area contributed by atoms with Crippen molar-refractivity contribution in [3.05, 3.63) is 48.0 Å². The van der Waals surface area contributed by atoms with Gasteiger partial charge >= 0.3 is 5.97 Å². The van der Waals surface area contributed by atoms with E-state index in [1.807, 2.05) is 30.3 Å². The Balaban J connectivity index is 2.02. The highest BCUT2D eigenvalue weighted by Gasteiger charge is 2.17. The second kappa shape index (κ2) is 5.30. The molecule has 0 aliphatic heterocycles. The normalized spacial score (nSPS) is 12.6. The Labute approximate surface area is 125 Å². The molecule has 21 heavy (non-hydrogen) atoms. The Kier molecular flexibility index (Phi) is 3.47. The molecule has 0 aliphatic carbocycles. The quantitative estimate of drug-likeness (QED) is 0.729. The molecule has 3 nitrogen and oxygen atoms in total. The zero-order valence-corrected chi connectivity index (χ0v) is 12.3. The van der Waals surface area contributed by atoms with Crippen LogP contribution in [0.25, 0.3) is 20.2 Å². The van der Waals surface area contributed by atoms with Gasteiger partial charge in [-0.2, -0.15) is 0 Å². The van der Waals surface area contributed by atoms with Crippen LogP contribution in [-0.2, 0) is 4.79 Å². The Bertz CT molecular complexity index is 847. The number of carboxylic acids is 1. The second-order valence-electron chi connectivity index (χ2n) is 5.18. The smallest absolute Gasteiger partial charge is 0.306 e. The van der Waals surface area contributed by atoms with Gasteiger partial charge in [-0.15, -0.1) is 11.3 Å². The molecule has 0 saturated heterocycles. The number of carbonyl (C=O) groups excluding carboxylic acids is 1. The summed E-state index contributed by atoms with van der Waals surface area (Å²) in [4.78, 5) is 23.1. The predicted molar refractivity (Wildman–Crippen MR) is 85.1 cm³/mol. The van der Waals surface area contributed by atoms with Crippen LogP contribution in [0.5, 0.6) is 0 Å². The van der Waals surface area contributed by atoms with Gasteiger partial charge in [0.15, 0.2) is 5.78 Å². The first kappa shape index (κ1) is 13.8. The molecule has 0 amide bonds. The maximum Gasteiger partial charge on any atom is 0.306 e. The topological polar surface area (TPSA) is 54.4 Å². The van der Waals surface area contributed by atoms with Crippen molar-refractivity contribution < 1.29 is 14.7 Å². The van der Waals surface area contributed by atoms with Crippen molar-refractivity contribution in [2.75, 3.05) is 0 Å². The van der Waals surface area contributed by atoms with Crippen LogP contribution < -0.4 is 0 Å². The highest BCUT2D eigenvalue weighted by atomic mass is 32.1. The van der Waals surface area contributed by atoms with Gasteiger partial charge in [0.25, 0.3) is 0 Å². The molecule has 3 aromatic rings. The van der Waals surface area contributed by atoms with Crippen LogP contribution in [0.3, 0.4) is 0 Å². The lowest BCUT2D eigenvalue weighted by molar-refractivity contribution is -0.141. The van der Waals surface area contributed by atoms with Crippen molar-refractivity contribution >= 4 is 43.3 Å². The summed E-state index contributed by atoms with van der Waals surface area (Å²) < 4.78 is 2.33. The summed E-state index contributed by atoms with van der Waals surface area (Å²) >= 11 is 1.70. The summed E-state index contributed by atoms with van der Waals surface area (Å²) in [5, 5.41) is 11.1. The first-order valence-corrected chi connectivity index (χ1v) is 7.55. The molecule has 3 rings (SSSR count). The van der Waals surface area contributed by atoms with Gasteiger partial charge in [0.2, 0.25) is 0 Å². The number of hydrogen-bond donors (Lipinski definition) is 1. The van der Waals surface area contributed by atoms with Crippen molar-refractivity contribution in [3.63, 3.8) is 0 Å². The van der Waals surface area contributed by atoms with E-state index in [0.717, 1.165) is 15.5 Å². The minimum Gasteiger partial charge on any atom is -0.481 e. The fraction of sp³-hybridized carbons (Fsp3) is 0.176. The maximum atomic E-state index is 12.2. The molecular weight excluding hydrogens is 284 g/mol. The van der Waals surface area contributed by atoms with Crippen LogP contribution in [0.4, 0.5) is 0 Å². The van der Waals surface area contributed by atoms with Crippen LogP contribution >= 0.6 is 11.3 Å². The number of aliphatic carboxylic acids is 1. The highest BCUT2D eigenvalue weighted by molar-refractivity contribution is 7.25. The number of hydrogen-bond acceptors (Lipinski definition) is 3. The summed E-state index contributed by atoms with van der Waals surface area (Å²) in [6, 6.07) is 13.7. The number of Topliss-reactive ketones (excluding diaryl/α,β-unsaturated/α-hetero) is 1. The number of carboxylic acid groups (broad SMARTS) is 1. The largest absolute Gasteiger partial charge is 0.481 e.